The number of nitrogens with one attached hydrogen (secondary N) is 2. The Hall–Kier alpha value is -1.08. The van der Waals surface area contributed by atoms with Crippen LogP contribution in [0.15, 0.2) is 23.0 Å². The molecule has 1 aromatic carbocycles. The number of H-pyrrole nitrogens is 1. The lowest BCUT2D eigenvalue weighted by molar-refractivity contribution is 0.544. The molecule has 1 aromatic heterocycles. The highest BCUT2D eigenvalue weighted by Gasteiger charge is 2.25. The lowest BCUT2D eigenvalue weighted by atomic mass is 10.1. The Morgan fingerprint density at radius 3 is 2.68 bits per heavy atom. The molecule has 0 spiro atoms. The summed E-state index contributed by atoms with van der Waals surface area (Å²) in [5.74, 6) is -0.570. The van der Waals surface area contributed by atoms with E-state index in [2.05, 4.69) is 9.71 Å². The Labute approximate surface area is 136 Å². The number of benzene rings is 1. The van der Waals surface area contributed by atoms with E-state index in [1.54, 1.807) is 6.07 Å². The van der Waals surface area contributed by atoms with Gasteiger partial charge in [-0.3, -0.25) is 4.79 Å². The van der Waals surface area contributed by atoms with Crippen molar-refractivity contribution < 1.29 is 8.94 Å². The van der Waals surface area contributed by atoms with E-state index in [1.165, 1.54) is 12.1 Å². The minimum Gasteiger partial charge on any atom is -0.598 e. The Bertz CT molecular complexity index is 743. The van der Waals surface area contributed by atoms with Gasteiger partial charge < -0.3 is 9.54 Å². The Balaban J connectivity index is 2.17. The molecule has 2 aromatic rings. The number of aromatic nitrogens is 1. The molecule has 0 aliphatic rings. The first-order chi connectivity index (χ1) is 10.2. The fourth-order valence-corrected chi connectivity index (χ4v) is 2.82. The summed E-state index contributed by atoms with van der Waals surface area (Å²) in [5.41, 5.74) is 0.660. The maximum atomic E-state index is 13.4. The number of pyridine rings is 1. The lowest BCUT2D eigenvalue weighted by Gasteiger charge is -2.23. The highest BCUT2D eigenvalue weighted by molar-refractivity contribution is 7.90. The summed E-state index contributed by atoms with van der Waals surface area (Å²) in [6, 6.07) is 4.36. The predicted molar refractivity (Wildman–Crippen MR) is 89.1 cm³/mol. The van der Waals surface area contributed by atoms with Crippen LogP contribution in [0, 0.1) is 5.82 Å². The molecule has 4 nitrogen and oxygen atoms in total. The summed E-state index contributed by atoms with van der Waals surface area (Å²) in [4.78, 5) is 14.6. The maximum Gasteiger partial charge on any atom is 0.251 e. The van der Waals surface area contributed by atoms with Gasteiger partial charge in [-0.1, -0.05) is 11.6 Å². The molecule has 7 heteroatoms. The second-order valence-electron chi connectivity index (χ2n) is 6.00. The van der Waals surface area contributed by atoms with E-state index < -0.39 is 17.2 Å². The number of aromatic amines is 1. The van der Waals surface area contributed by atoms with E-state index in [4.69, 9.17) is 11.6 Å². The largest absolute Gasteiger partial charge is 0.598 e. The number of hydrogen-bond acceptors (Lipinski definition) is 3. The van der Waals surface area contributed by atoms with Crippen LogP contribution >= 0.6 is 11.6 Å². The SMILES string of the molecule is CC(C)(C)[S+]([O-])NCCc1cc2cc(Cl)c(F)cc2[nH]c1=O. The van der Waals surface area contributed by atoms with Gasteiger partial charge in [0.15, 0.2) is 0 Å². The first-order valence-electron chi connectivity index (χ1n) is 6.85. The van der Waals surface area contributed by atoms with Gasteiger partial charge in [0.25, 0.3) is 5.56 Å². The van der Waals surface area contributed by atoms with Crippen molar-refractivity contribution in [1.82, 2.24) is 9.71 Å². The quantitative estimate of drug-likeness (QED) is 0.838. The molecule has 120 valence electrons. The fraction of sp³-hybridized carbons (Fsp3) is 0.400. The Morgan fingerprint density at radius 2 is 2.05 bits per heavy atom. The van der Waals surface area contributed by atoms with Crippen molar-refractivity contribution in [3.05, 3.63) is 45.0 Å². The summed E-state index contributed by atoms with van der Waals surface area (Å²) >= 11 is 4.57. The normalized spacial score (nSPS) is 13.5. The van der Waals surface area contributed by atoms with Gasteiger partial charge in [0.05, 0.1) is 10.5 Å². The molecule has 0 aliphatic heterocycles. The predicted octanol–water partition coefficient (Wildman–Crippen LogP) is 2.91. The minimum atomic E-state index is -1.18. The Morgan fingerprint density at radius 1 is 1.36 bits per heavy atom. The zero-order chi connectivity index (χ0) is 16.5. The van der Waals surface area contributed by atoms with Gasteiger partial charge in [0.2, 0.25) is 0 Å². The first kappa shape index (κ1) is 17.3. The molecule has 1 heterocycles. The monoisotopic (exact) mass is 344 g/mol. The maximum absolute atomic E-state index is 13.4. The fourth-order valence-electron chi connectivity index (χ4n) is 1.93. The van der Waals surface area contributed by atoms with E-state index in [0.29, 0.717) is 29.4 Å². The number of rotatable bonds is 4. The van der Waals surface area contributed by atoms with Crippen molar-refractivity contribution in [2.24, 2.45) is 0 Å². The van der Waals surface area contributed by atoms with Gasteiger partial charge >= 0.3 is 0 Å². The van der Waals surface area contributed by atoms with Crippen molar-refractivity contribution in [3.63, 3.8) is 0 Å². The highest BCUT2D eigenvalue weighted by atomic mass is 35.5. The van der Waals surface area contributed by atoms with Crippen LogP contribution in [-0.2, 0) is 17.8 Å². The van der Waals surface area contributed by atoms with Crippen LogP contribution in [0.4, 0.5) is 4.39 Å². The second kappa shape index (κ2) is 6.58. The smallest absolute Gasteiger partial charge is 0.251 e. The van der Waals surface area contributed by atoms with E-state index in [1.807, 2.05) is 20.8 Å². The average molecular weight is 345 g/mol. The number of halogens is 2. The third-order valence-corrected chi connectivity index (χ3v) is 5.01. The molecule has 0 saturated carbocycles. The van der Waals surface area contributed by atoms with Crippen LogP contribution in [0.5, 0.6) is 0 Å². The van der Waals surface area contributed by atoms with E-state index in [9.17, 15) is 13.7 Å². The average Bonchev–Trinajstić information content (AvgIpc) is 2.40. The van der Waals surface area contributed by atoms with Gasteiger partial charge in [0, 0.05) is 28.9 Å². The van der Waals surface area contributed by atoms with Crippen molar-refractivity contribution in [2.45, 2.75) is 31.9 Å². The summed E-state index contributed by atoms with van der Waals surface area (Å²) in [5, 5.41) is 0.676. The molecule has 2 N–H and O–H groups in total. The van der Waals surface area contributed by atoms with Crippen LogP contribution in [0.3, 0.4) is 0 Å². The van der Waals surface area contributed by atoms with Gasteiger partial charge in [-0.25, -0.2) is 4.39 Å². The molecule has 1 unspecified atom stereocenters. The van der Waals surface area contributed by atoms with Crippen LogP contribution in [-0.4, -0.2) is 20.8 Å². The van der Waals surface area contributed by atoms with Crippen LogP contribution in [0.25, 0.3) is 10.9 Å². The summed E-state index contributed by atoms with van der Waals surface area (Å²) < 4.78 is 27.8. The minimum absolute atomic E-state index is 0.0115. The molecular weight excluding hydrogens is 327 g/mol. The Kier molecular flexibility index (Phi) is 5.17. The van der Waals surface area contributed by atoms with Crippen LogP contribution in [0.2, 0.25) is 5.02 Å². The van der Waals surface area contributed by atoms with Crippen molar-refractivity contribution >= 4 is 33.9 Å². The molecule has 0 bridgehead atoms. The molecule has 2 rings (SSSR count). The summed E-state index contributed by atoms with van der Waals surface area (Å²) in [6.45, 7) is 6.02. The third-order valence-electron chi connectivity index (χ3n) is 3.15. The molecule has 1 atom stereocenters. The second-order valence-corrected chi connectivity index (χ2v) is 8.46. The summed E-state index contributed by atoms with van der Waals surface area (Å²) in [6.07, 6.45) is 0.419. The van der Waals surface area contributed by atoms with Crippen LogP contribution < -0.4 is 10.3 Å². The van der Waals surface area contributed by atoms with E-state index >= 15 is 0 Å². The van der Waals surface area contributed by atoms with Crippen molar-refractivity contribution in [2.75, 3.05) is 6.54 Å². The standard InChI is InChI=1S/C15H18ClFN2O2S/c1-15(2,3)22(21)18-5-4-9-6-10-7-11(16)12(17)8-13(10)19-14(9)20/h6-8,18H,4-5H2,1-3H3,(H,19,20). The molecule has 0 radical (unpaired) electrons. The summed E-state index contributed by atoms with van der Waals surface area (Å²) in [7, 11) is 0. The first-order valence-corrected chi connectivity index (χ1v) is 8.37. The third kappa shape index (κ3) is 4.01. The number of fused-ring (bicyclic) bond motifs is 1. The van der Waals surface area contributed by atoms with E-state index in [0.717, 1.165) is 0 Å². The molecule has 0 aliphatic carbocycles. The van der Waals surface area contributed by atoms with Crippen molar-refractivity contribution in [1.29, 1.82) is 0 Å². The molecular formula is C15H18ClFN2O2S. The van der Waals surface area contributed by atoms with Gasteiger partial charge in [-0.05, 0) is 45.4 Å². The van der Waals surface area contributed by atoms with Gasteiger partial charge in [-0.15, -0.1) is 4.72 Å². The zero-order valence-corrected chi connectivity index (χ0v) is 14.2. The van der Waals surface area contributed by atoms with Crippen molar-refractivity contribution in [3.8, 4) is 0 Å². The molecule has 0 saturated heterocycles. The molecule has 22 heavy (non-hydrogen) atoms. The van der Waals surface area contributed by atoms with Gasteiger partial charge in [0.1, 0.15) is 10.6 Å². The molecule has 0 amide bonds. The zero-order valence-electron chi connectivity index (χ0n) is 12.6. The lowest BCUT2D eigenvalue weighted by Crippen LogP contribution is -2.40. The highest BCUT2D eigenvalue weighted by Crippen LogP contribution is 2.21. The van der Waals surface area contributed by atoms with Crippen LogP contribution in [0.1, 0.15) is 26.3 Å². The van der Waals surface area contributed by atoms with E-state index in [-0.39, 0.29) is 15.3 Å². The molecule has 0 fully saturated rings. The number of hydrogen-bond donors (Lipinski definition) is 2. The van der Waals surface area contributed by atoms with Gasteiger partial charge in [-0.2, -0.15) is 0 Å². The topological polar surface area (TPSA) is 67.9 Å².